The van der Waals surface area contributed by atoms with Crippen LogP contribution in [0.25, 0.3) is 0 Å². The van der Waals surface area contributed by atoms with E-state index in [0.29, 0.717) is 12.2 Å². The number of nitrogens with zero attached hydrogens (tertiary/aromatic N) is 3. The maximum Gasteiger partial charge on any atom is 0.314 e. The fourth-order valence-electron chi connectivity index (χ4n) is 2.69. The van der Waals surface area contributed by atoms with Crippen LogP contribution in [0.4, 0.5) is 16.2 Å². The average Bonchev–Trinajstić information content (AvgIpc) is 2.59. The quantitative estimate of drug-likeness (QED) is 0.464. The molecular formula is C15H23N5O3. The van der Waals surface area contributed by atoms with Gasteiger partial charge in [0.15, 0.2) is 0 Å². The molecule has 126 valence electrons. The number of benzene rings is 1. The second kappa shape index (κ2) is 8.33. The van der Waals surface area contributed by atoms with Crippen LogP contribution in [0.5, 0.6) is 0 Å². The molecule has 0 unspecified atom stereocenters. The molecule has 1 aromatic carbocycles. The van der Waals surface area contributed by atoms with E-state index in [2.05, 4.69) is 20.4 Å². The first-order chi connectivity index (χ1) is 11.1. The van der Waals surface area contributed by atoms with Crippen LogP contribution in [0.15, 0.2) is 24.3 Å². The van der Waals surface area contributed by atoms with Gasteiger partial charge >= 0.3 is 6.03 Å². The van der Waals surface area contributed by atoms with Gasteiger partial charge in [-0.2, -0.15) is 0 Å². The molecule has 23 heavy (non-hydrogen) atoms. The van der Waals surface area contributed by atoms with Crippen molar-refractivity contribution in [2.24, 2.45) is 0 Å². The van der Waals surface area contributed by atoms with Crippen LogP contribution in [-0.2, 0) is 0 Å². The van der Waals surface area contributed by atoms with Crippen molar-refractivity contribution < 1.29 is 9.72 Å². The molecule has 1 fully saturated rings. The molecule has 0 spiro atoms. The first-order valence-electron chi connectivity index (χ1n) is 7.78. The molecule has 0 bridgehead atoms. The van der Waals surface area contributed by atoms with Crippen LogP contribution >= 0.6 is 0 Å². The number of nitrogens with one attached hydrogen (secondary N) is 2. The van der Waals surface area contributed by atoms with Crippen molar-refractivity contribution >= 4 is 17.4 Å². The summed E-state index contributed by atoms with van der Waals surface area (Å²) in [5.74, 6) is 0. The molecule has 2 amide bonds. The second-order valence-electron chi connectivity index (χ2n) is 5.43. The fraction of sp³-hybridized carbons (Fsp3) is 0.533. The molecule has 0 aromatic heterocycles. The lowest BCUT2D eigenvalue weighted by atomic mass is 10.2. The smallest absolute Gasteiger partial charge is 0.314 e. The van der Waals surface area contributed by atoms with Gasteiger partial charge in [0.2, 0.25) is 0 Å². The normalized spacial score (nSPS) is 15.3. The molecule has 1 heterocycles. The lowest BCUT2D eigenvalue weighted by molar-refractivity contribution is -0.384. The summed E-state index contributed by atoms with van der Waals surface area (Å²) in [7, 11) is 1.59. The molecule has 1 aliphatic rings. The number of nitro benzene ring substituents is 1. The Bertz CT molecular complexity index is 544. The number of nitro groups is 1. The van der Waals surface area contributed by atoms with Crippen molar-refractivity contribution in [1.82, 2.24) is 15.5 Å². The van der Waals surface area contributed by atoms with Crippen LogP contribution < -0.4 is 15.5 Å². The van der Waals surface area contributed by atoms with Gasteiger partial charge in [0.1, 0.15) is 5.69 Å². The van der Waals surface area contributed by atoms with E-state index < -0.39 is 0 Å². The zero-order valence-corrected chi connectivity index (χ0v) is 13.3. The Kier molecular flexibility index (Phi) is 6.16. The zero-order valence-electron chi connectivity index (χ0n) is 13.3. The maximum absolute atomic E-state index is 11.1. The molecule has 0 saturated carbocycles. The van der Waals surface area contributed by atoms with Gasteiger partial charge in [-0.25, -0.2) is 4.79 Å². The number of carbonyl (C=O) groups is 1. The highest BCUT2D eigenvalue weighted by molar-refractivity contribution is 5.73. The van der Waals surface area contributed by atoms with Crippen molar-refractivity contribution in [3.05, 3.63) is 34.4 Å². The van der Waals surface area contributed by atoms with Crippen LogP contribution in [-0.4, -0.2) is 62.2 Å². The monoisotopic (exact) mass is 321 g/mol. The number of amides is 2. The van der Waals surface area contributed by atoms with Gasteiger partial charge < -0.3 is 15.5 Å². The Morgan fingerprint density at radius 1 is 1.26 bits per heavy atom. The number of urea groups is 1. The van der Waals surface area contributed by atoms with E-state index in [9.17, 15) is 14.9 Å². The van der Waals surface area contributed by atoms with Gasteiger partial charge in [0, 0.05) is 45.8 Å². The van der Waals surface area contributed by atoms with Gasteiger partial charge in [-0.1, -0.05) is 12.1 Å². The molecule has 8 heteroatoms. The van der Waals surface area contributed by atoms with E-state index in [4.69, 9.17) is 0 Å². The minimum atomic E-state index is -0.327. The molecule has 8 nitrogen and oxygen atoms in total. The first kappa shape index (κ1) is 17.0. The Morgan fingerprint density at radius 2 is 1.96 bits per heavy atom. The van der Waals surface area contributed by atoms with Crippen molar-refractivity contribution in [1.29, 1.82) is 0 Å². The highest BCUT2D eigenvalue weighted by atomic mass is 16.6. The predicted octanol–water partition coefficient (Wildman–Crippen LogP) is 1.04. The van der Waals surface area contributed by atoms with Crippen LogP contribution in [0.1, 0.15) is 6.42 Å². The summed E-state index contributed by atoms with van der Waals surface area (Å²) in [5.41, 5.74) is 0.856. The van der Waals surface area contributed by atoms with Gasteiger partial charge in [0.25, 0.3) is 5.69 Å². The number of anilines is 1. The first-order valence-corrected chi connectivity index (χ1v) is 7.78. The van der Waals surface area contributed by atoms with Crippen LogP contribution in [0.3, 0.4) is 0 Å². The molecule has 2 N–H and O–H groups in total. The minimum Gasteiger partial charge on any atom is -0.363 e. The molecule has 1 aliphatic heterocycles. The third-order valence-corrected chi connectivity index (χ3v) is 3.96. The number of rotatable bonds is 6. The second-order valence-corrected chi connectivity index (χ2v) is 5.43. The Labute approximate surface area is 135 Å². The van der Waals surface area contributed by atoms with Gasteiger partial charge in [-0.15, -0.1) is 0 Å². The molecule has 0 atom stereocenters. The standard InChI is InChI=1S/C15H23N5O3/c1-16-15(21)17-7-4-8-18-9-11-19(12-10-18)13-5-2-3-6-14(13)20(22)23/h2-3,5-6H,4,7-12H2,1H3,(H2,16,17,21). The SMILES string of the molecule is CNC(=O)NCCCN1CCN(c2ccccc2[N+](=O)[O-])CC1. The van der Waals surface area contributed by atoms with E-state index in [0.717, 1.165) is 39.1 Å². The summed E-state index contributed by atoms with van der Waals surface area (Å²) in [6, 6.07) is 6.72. The Morgan fingerprint density at radius 3 is 2.61 bits per heavy atom. The molecule has 1 saturated heterocycles. The van der Waals surface area contributed by atoms with Gasteiger partial charge in [0.05, 0.1) is 4.92 Å². The third kappa shape index (κ3) is 4.82. The van der Waals surface area contributed by atoms with E-state index >= 15 is 0 Å². The lowest BCUT2D eigenvalue weighted by Crippen LogP contribution is -2.47. The summed E-state index contributed by atoms with van der Waals surface area (Å²) in [6.07, 6.45) is 0.888. The summed E-state index contributed by atoms with van der Waals surface area (Å²) < 4.78 is 0. The van der Waals surface area contributed by atoms with Crippen molar-refractivity contribution in [2.45, 2.75) is 6.42 Å². The van der Waals surface area contributed by atoms with Crippen LogP contribution in [0, 0.1) is 10.1 Å². The largest absolute Gasteiger partial charge is 0.363 e. The van der Waals surface area contributed by atoms with E-state index in [1.807, 2.05) is 6.07 Å². The molecule has 0 aliphatic carbocycles. The third-order valence-electron chi connectivity index (χ3n) is 3.96. The highest BCUT2D eigenvalue weighted by Crippen LogP contribution is 2.28. The van der Waals surface area contributed by atoms with Crippen molar-refractivity contribution in [3.8, 4) is 0 Å². The number of para-hydroxylation sites is 2. The summed E-state index contributed by atoms with van der Waals surface area (Å²) >= 11 is 0. The number of hydrogen-bond acceptors (Lipinski definition) is 5. The predicted molar refractivity (Wildman–Crippen MR) is 88.8 cm³/mol. The zero-order chi connectivity index (χ0) is 16.7. The molecular weight excluding hydrogens is 298 g/mol. The van der Waals surface area contributed by atoms with E-state index in [1.54, 1.807) is 25.2 Å². The Balaban J connectivity index is 1.78. The summed E-state index contributed by atoms with van der Waals surface area (Å²) in [6.45, 7) is 4.83. The number of carbonyl (C=O) groups excluding carboxylic acids is 1. The van der Waals surface area contributed by atoms with E-state index in [-0.39, 0.29) is 16.6 Å². The molecule has 0 radical (unpaired) electrons. The lowest BCUT2D eigenvalue weighted by Gasteiger charge is -2.35. The summed E-state index contributed by atoms with van der Waals surface area (Å²) in [4.78, 5) is 26.2. The minimum absolute atomic E-state index is 0.161. The topological polar surface area (TPSA) is 90.8 Å². The van der Waals surface area contributed by atoms with Crippen molar-refractivity contribution in [2.75, 3.05) is 51.2 Å². The van der Waals surface area contributed by atoms with Gasteiger partial charge in [-0.05, 0) is 19.0 Å². The molecule has 2 rings (SSSR count). The fourth-order valence-corrected chi connectivity index (χ4v) is 2.69. The van der Waals surface area contributed by atoms with E-state index in [1.165, 1.54) is 0 Å². The number of hydrogen-bond donors (Lipinski definition) is 2. The van der Waals surface area contributed by atoms with Crippen molar-refractivity contribution in [3.63, 3.8) is 0 Å². The Hall–Kier alpha value is -2.35. The molecule has 1 aromatic rings. The van der Waals surface area contributed by atoms with Crippen LogP contribution in [0.2, 0.25) is 0 Å². The summed E-state index contributed by atoms with van der Waals surface area (Å²) in [5, 5.41) is 16.4. The average molecular weight is 321 g/mol. The maximum atomic E-state index is 11.1. The number of piperazine rings is 1. The highest BCUT2D eigenvalue weighted by Gasteiger charge is 2.22. The van der Waals surface area contributed by atoms with Gasteiger partial charge in [-0.3, -0.25) is 15.0 Å².